The number of aryl methyl sites for hydroxylation is 2. The molecule has 0 atom stereocenters. The molecule has 4 nitrogen and oxygen atoms in total. The Morgan fingerprint density at radius 2 is 2.04 bits per heavy atom. The van der Waals surface area contributed by atoms with Crippen molar-refractivity contribution in [3.8, 4) is 5.75 Å². The molecule has 5 heteroatoms. The van der Waals surface area contributed by atoms with E-state index < -0.39 is 0 Å². The molecular formula is C22H22ClNO3. The van der Waals surface area contributed by atoms with E-state index in [1.165, 1.54) is 0 Å². The van der Waals surface area contributed by atoms with Gasteiger partial charge < -0.3 is 14.5 Å². The lowest BCUT2D eigenvalue weighted by molar-refractivity contribution is -0.111. The molecule has 3 rings (SSSR count). The number of furan rings is 1. The summed E-state index contributed by atoms with van der Waals surface area (Å²) in [6, 6.07) is 9.16. The monoisotopic (exact) mass is 383 g/mol. The van der Waals surface area contributed by atoms with Crippen molar-refractivity contribution in [3.05, 3.63) is 64.4 Å². The van der Waals surface area contributed by atoms with E-state index in [0.29, 0.717) is 17.3 Å². The van der Waals surface area contributed by atoms with E-state index in [1.54, 1.807) is 24.5 Å². The van der Waals surface area contributed by atoms with E-state index in [9.17, 15) is 4.79 Å². The number of benzene rings is 2. The zero-order chi connectivity index (χ0) is 19.6. The number of nitrogens with one attached hydrogen (secondary N) is 1. The highest BCUT2D eigenvalue weighted by atomic mass is 35.5. The Labute approximate surface area is 163 Å². The number of fused-ring (bicyclic) bond motifs is 1. The smallest absolute Gasteiger partial charge is 0.248 e. The number of ether oxygens (including phenoxy) is 1. The van der Waals surface area contributed by atoms with Crippen molar-refractivity contribution in [2.75, 3.05) is 11.9 Å². The minimum absolute atomic E-state index is 0.246. The zero-order valence-corrected chi connectivity index (χ0v) is 16.6. The van der Waals surface area contributed by atoms with Crippen LogP contribution in [0.4, 0.5) is 5.69 Å². The fourth-order valence-electron chi connectivity index (χ4n) is 3.07. The minimum atomic E-state index is -0.246. The standard InChI is InChI=1S/C22H22ClNO3/c1-5-26-21-15(4)22-17(14(3)12-27-22)11-16(21)13(2)10-20(25)24-19-9-7-6-8-18(19)23/h6-12H,5H2,1-4H3,(H,24,25)/b13-10+. The molecule has 1 N–H and O–H groups in total. The predicted molar refractivity (Wildman–Crippen MR) is 111 cm³/mol. The molecule has 1 amide bonds. The van der Waals surface area contributed by atoms with Crippen molar-refractivity contribution in [1.29, 1.82) is 0 Å². The summed E-state index contributed by atoms with van der Waals surface area (Å²) in [7, 11) is 0. The van der Waals surface area contributed by atoms with Gasteiger partial charge in [-0.2, -0.15) is 0 Å². The Hall–Kier alpha value is -2.72. The second-order valence-electron chi connectivity index (χ2n) is 6.40. The third-order valence-electron chi connectivity index (χ3n) is 4.43. The van der Waals surface area contributed by atoms with Crippen molar-refractivity contribution >= 4 is 39.7 Å². The topological polar surface area (TPSA) is 51.5 Å². The van der Waals surface area contributed by atoms with Gasteiger partial charge in [-0.15, -0.1) is 0 Å². The maximum absolute atomic E-state index is 12.5. The van der Waals surface area contributed by atoms with Crippen LogP contribution in [-0.4, -0.2) is 12.5 Å². The molecule has 2 aromatic carbocycles. The molecule has 0 aliphatic heterocycles. The Bertz CT molecular complexity index is 1030. The molecule has 140 valence electrons. The van der Waals surface area contributed by atoms with Crippen LogP contribution in [0.1, 0.15) is 30.5 Å². The lowest BCUT2D eigenvalue weighted by Crippen LogP contribution is -2.09. The average molecular weight is 384 g/mol. The number of para-hydroxylation sites is 1. The number of hydrogen-bond donors (Lipinski definition) is 1. The van der Waals surface area contributed by atoms with Crippen molar-refractivity contribution in [2.24, 2.45) is 0 Å². The van der Waals surface area contributed by atoms with Crippen LogP contribution in [0.25, 0.3) is 16.5 Å². The van der Waals surface area contributed by atoms with Crippen molar-refractivity contribution < 1.29 is 13.9 Å². The molecule has 0 bridgehead atoms. The molecule has 0 saturated heterocycles. The van der Waals surface area contributed by atoms with E-state index in [2.05, 4.69) is 5.32 Å². The number of rotatable bonds is 5. The molecule has 1 aromatic heterocycles. The van der Waals surface area contributed by atoms with Gasteiger partial charge in [-0.3, -0.25) is 4.79 Å². The summed E-state index contributed by atoms with van der Waals surface area (Å²) in [6.45, 7) is 8.32. The van der Waals surface area contributed by atoms with Crippen LogP contribution in [0.15, 0.2) is 47.1 Å². The Morgan fingerprint density at radius 3 is 2.74 bits per heavy atom. The lowest BCUT2D eigenvalue weighted by atomic mass is 9.98. The highest BCUT2D eigenvalue weighted by Crippen LogP contribution is 2.37. The first-order valence-electron chi connectivity index (χ1n) is 8.80. The highest BCUT2D eigenvalue weighted by Gasteiger charge is 2.17. The van der Waals surface area contributed by atoms with Gasteiger partial charge in [-0.05, 0) is 57.0 Å². The van der Waals surface area contributed by atoms with E-state index in [4.69, 9.17) is 20.8 Å². The molecular weight excluding hydrogens is 362 g/mol. The first kappa shape index (κ1) is 19.1. The van der Waals surface area contributed by atoms with Crippen molar-refractivity contribution in [3.63, 3.8) is 0 Å². The Morgan fingerprint density at radius 1 is 1.30 bits per heavy atom. The third kappa shape index (κ3) is 3.86. The van der Waals surface area contributed by atoms with Gasteiger partial charge in [0.1, 0.15) is 11.3 Å². The maximum atomic E-state index is 12.5. The van der Waals surface area contributed by atoms with Gasteiger partial charge in [0.25, 0.3) is 0 Å². The lowest BCUT2D eigenvalue weighted by Gasteiger charge is -2.14. The van der Waals surface area contributed by atoms with E-state index in [0.717, 1.165) is 39.0 Å². The average Bonchev–Trinajstić information content (AvgIpc) is 3.00. The minimum Gasteiger partial charge on any atom is -0.493 e. The Balaban J connectivity index is 2.00. The first-order chi connectivity index (χ1) is 12.9. The van der Waals surface area contributed by atoms with Gasteiger partial charge >= 0.3 is 0 Å². The number of hydrogen-bond acceptors (Lipinski definition) is 3. The number of carbonyl (C=O) groups excluding carboxylic acids is 1. The molecule has 0 aliphatic carbocycles. The quantitative estimate of drug-likeness (QED) is 0.538. The third-order valence-corrected chi connectivity index (χ3v) is 4.76. The summed E-state index contributed by atoms with van der Waals surface area (Å²) in [4.78, 5) is 12.5. The van der Waals surface area contributed by atoms with Crippen LogP contribution in [0.3, 0.4) is 0 Å². The summed E-state index contributed by atoms with van der Waals surface area (Å²) in [5, 5.41) is 4.33. The van der Waals surface area contributed by atoms with Crippen LogP contribution < -0.4 is 10.1 Å². The zero-order valence-electron chi connectivity index (χ0n) is 15.9. The number of carbonyl (C=O) groups is 1. The number of amides is 1. The van der Waals surface area contributed by atoms with Gasteiger partial charge in [0.15, 0.2) is 0 Å². The fourth-order valence-corrected chi connectivity index (χ4v) is 3.25. The number of halogens is 1. The largest absolute Gasteiger partial charge is 0.493 e. The van der Waals surface area contributed by atoms with Gasteiger partial charge in [-0.1, -0.05) is 23.7 Å². The van der Waals surface area contributed by atoms with E-state index in [1.807, 2.05) is 45.9 Å². The second-order valence-corrected chi connectivity index (χ2v) is 6.81. The van der Waals surface area contributed by atoms with Crippen LogP contribution in [0, 0.1) is 13.8 Å². The van der Waals surface area contributed by atoms with Crippen LogP contribution in [-0.2, 0) is 4.79 Å². The molecule has 0 radical (unpaired) electrons. The van der Waals surface area contributed by atoms with Crippen molar-refractivity contribution in [2.45, 2.75) is 27.7 Å². The van der Waals surface area contributed by atoms with E-state index in [-0.39, 0.29) is 5.91 Å². The first-order valence-corrected chi connectivity index (χ1v) is 9.18. The SMILES string of the molecule is CCOc1c(/C(C)=C/C(=O)Nc2ccccc2Cl)cc2c(C)coc2c1C. The maximum Gasteiger partial charge on any atom is 0.248 e. The van der Waals surface area contributed by atoms with Gasteiger partial charge in [0.2, 0.25) is 5.91 Å². The predicted octanol–water partition coefficient (Wildman–Crippen LogP) is 6.14. The number of allylic oxidation sites excluding steroid dienone is 1. The Kier molecular flexibility index (Phi) is 5.57. The highest BCUT2D eigenvalue weighted by molar-refractivity contribution is 6.33. The molecule has 0 saturated carbocycles. The van der Waals surface area contributed by atoms with Gasteiger partial charge in [-0.25, -0.2) is 0 Å². The molecule has 3 aromatic rings. The molecule has 1 heterocycles. The summed E-state index contributed by atoms with van der Waals surface area (Å²) in [5.41, 5.74) is 5.04. The summed E-state index contributed by atoms with van der Waals surface area (Å²) in [6.07, 6.45) is 3.29. The van der Waals surface area contributed by atoms with Crippen LogP contribution >= 0.6 is 11.6 Å². The second kappa shape index (κ2) is 7.89. The van der Waals surface area contributed by atoms with Crippen molar-refractivity contribution in [1.82, 2.24) is 0 Å². The fraction of sp³-hybridized carbons (Fsp3) is 0.227. The van der Waals surface area contributed by atoms with Gasteiger partial charge in [0.05, 0.1) is 23.6 Å². The van der Waals surface area contributed by atoms with Crippen LogP contribution in [0.2, 0.25) is 5.02 Å². The molecule has 0 fully saturated rings. The normalized spacial score (nSPS) is 11.7. The summed E-state index contributed by atoms with van der Waals surface area (Å²) < 4.78 is 11.6. The number of anilines is 1. The summed E-state index contributed by atoms with van der Waals surface area (Å²) >= 11 is 6.11. The van der Waals surface area contributed by atoms with E-state index >= 15 is 0 Å². The van der Waals surface area contributed by atoms with Crippen LogP contribution in [0.5, 0.6) is 5.75 Å². The molecule has 0 unspecified atom stereocenters. The molecule has 0 spiro atoms. The summed E-state index contributed by atoms with van der Waals surface area (Å²) in [5.74, 6) is 0.489. The van der Waals surface area contributed by atoms with Gasteiger partial charge in [0, 0.05) is 22.6 Å². The molecule has 27 heavy (non-hydrogen) atoms. The molecule has 0 aliphatic rings.